The highest BCUT2D eigenvalue weighted by atomic mass is 16.3. The molecule has 0 rings (SSSR count). The molecule has 0 aromatic rings. The third-order valence-electron chi connectivity index (χ3n) is 7.84. The van der Waals surface area contributed by atoms with Gasteiger partial charge in [-0.3, -0.25) is 4.79 Å². The van der Waals surface area contributed by atoms with Crippen molar-refractivity contribution >= 4 is 5.91 Å². The van der Waals surface area contributed by atoms with Crippen LogP contribution in [0.15, 0.2) is 60.8 Å². The van der Waals surface area contributed by atoms with Crippen LogP contribution in [0, 0.1) is 0 Å². The van der Waals surface area contributed by atoms with Crippen LogP contribution in [0.2, 0.25) is 0 Å². The van der Waals surface area contributed by atoms with Crippen LogP contribution >= 0.6 is 0 Å². The first-order chi connectivity index (χ1) is 21.6. The van der Waals surface area contributed by atoms with Crippen LogP contribution in [-0.2, 0) is 4.79 Å². The van der Waals surface area contributed by atoms with E-state index in [1.807, 2.05) is 6.08 Å². The first kappa shape index (κ1) is 42.0. The summed E-state index contributed by atoms with van der Waals surface area (Å²) in [4.78, 5) is 12.4. The largest absolute Gasteiger partial charge is 0.394 e. The summed E-state index contributed by atoms with van der Waals surface area (Å²) < 4.78 is 0. The molecule has 0 aliphatic rings. The molecule has 0 aromatic carbocycles. The monoisotopic (exact) mass is 616 g/mol. The van der Waals surface area contributed by atoms with E-state index in [9.17, 15) is 20.1 Å². The Morgan fingerprint density at radius 1 is 0.568 bits per heavy atom. The van der Waals surface area contributed by atoms with Crippen LogP contribution in [0.5, 0.6) is 0 Å². The molecule has 0 fully saturated rings. The zero-order valence-corrected chi connectivity index (χ0v) is 28.5. The van der Waals surface area contributed by atoms with Crippen LogP contribution in [0.1, 0.15) is 155 Å². The topological polar surface area (TPSA) is 89.8 Å². The fourth-order valence-electron chi connectivity index (χ4n) is 4.91. The number of hydrogen-bond donors (Lipinski definition) is 4. The van der Waals surface area contributed by atoms with E-state index in [-0.39, 0.29) is 6.61 Å². The number of carbonyl (C=O) groups is 1. The lowest BCUT2D eigenvalue weighted by Crippen LogP contribution is -2.48. The summed E-state index contributed by atoms with van der Waals surface area (Å²) in [6.07, 6.45) is 43.7. The van der Waals surface area contributed by atoms with E-state index in [4.69, 9.17) is 0 Å². The quantitative estimate of drug-likeness (QED) is 0.0355. The molecule has 0 heterocycles. The van der Waals surface area contributed by atoms with E-state index in [1.54, 1.807) is 6.08 Å². The molecule has 0 spiro atoms. The van der Waals surface area contributed by atoms with Gasteiger partial charge < -0.3 is 20.6 Å². The fourth-order valence-corrected chi connectivity index (χ4v) is 4.91. The number of hydrogen-bond acceptors (Lipinski definition) is 4. The van der Waals surface area contributed by atoms with Crippen molar-refractivity contribution in [1.29, 1.82) is 0 Å². The summed E-state index contributed by atoms with van der Waals surface area (Å²) >= 11 is 0. The number of nitrogens with one attached hydrogen (secondary N) is 1. The second-order valence-corrected chi connectivity index (χ2v) is 12.1. The zero-order valence-electron chi connectivity index (χ0n) is 28.5. The van der Waals surface area contributed by atoms with Crippen LogP contribution in [0.25, 0.3) is 0 Å². The van der Waals surface area contributed by atoms with Gasteiger partial charge in [0.05, 0.1) is 18.8 Å². The lowest BCUT2D eigenvalue weighted by atomic mass is 10.1. The summed E-state index contributed by atoms with van der Waals surface area (Å²) in [6.45, 7) is 4.09. The minimum Gasteiger partial charge on any atom is -0.394 e. The van der Waals surface area contributed by atoms with Gasteiger partial charge in [-0.15, -0.1) is 0 Å². The molecular weight excluding hydrogens is 546 g/mol. The number of unbranched alkanes of at least 4 members (excludes halogenated alkanes) is 16. The number of amides is 1. The van der Waals surface area contributed by atoms with E-state index < -0.39 is 24.2 Å². The second-order valence-electron chi connectivity index (χ2n) is 12.1. The van der Waals surface area contributed by atoms with E-state index in [2.05, 4.69) is 67.8 Å². The highest BCUT2D eigenvalue weighted by Crippen LogP contribution is 2.11. The molecule has 0 saturated heterocycles. The van der Waals surface area contributed by atoms with Crippen molar-refractivity contribution in [3.05, 3.63) is 60.8 Å². The molecule has 0 aliphatic carbocycles. The van der Waals surface area contributed by atoms with Gasteiger partial charge >= 0.3 is 0 Å². The Balaban J connectivity index is 3.90. The highest BCUT2D eigenvalue weighted by molar-refractivity contribution is 5.80. The van der Waals surface area contributed by atoms with Crippen LogP contribution < -0.4 is 5.32 Å². The summed E-state index contributed by atoms with van der Waals surface area (Å²) in [5.41, 5.74) is 0. The van der Waals surface area contributed by atoms with E-state index in [1.165, 1.54) is 64.2 Å². The van der Waals surface area contributed by atoms with Gasteiger partial charge in [0.2, 0.25) is 5.91 Å². The maximum atomic E-state index is 12.4. The highest BCUT2D eigenvalue weighted by Gasteiger charge is 2.22. The Morgan fingerprint density at radius 2 is 1.00 bits per heavy atom. The number of rotatable bonds is 31. The van der Waals surface area contributed by atoms with Crippen LogP contribution in [0.4, 0.5) is 0 Å². The van der Waals surface area contributed by atoms with Gasteiger partial charge in [-0.25, -0.2) is 0 Å². The van der Waals surface area contributed by atoms with Crippen LogP contribution in [0.3, 0.4) is 0 Å². The minimum absolute atomic E-state index is 0.389. The zero-order chi connectivity index (χ0) is 32.4. The molecule has 0 aromatic heterocycles. The van der Waals surface area contributed by atoms with Crippen molar-refractivity contribution < 1.29 is 20.1 Å². The number of carbonyl (C=O) groups excluding carboxylic acids is 1. The van der Waals surface area contributed by atoms with Gasteiger partial charge in [0.25, 0.3) is 0 Å². The Hall–Kier alpha value is -1.95. The van der Waals surface area contributed by atoms with Crippen molar-refractivity contribution in [2.45, 2.75) is 173 Å². The van der Waals surface area contributed by atoms with Gasteiger partial charge in [0.15, 0.2) is 0 Å². The number of aliphatic hydroxyl groups is 3. The van der Waals surface area contributed by atoms with E-state index in [0.29, 0.717) is 6.42 Å². The molecule has 254 valence electrons. The molecule has 44 heavy (non-hydrogen) atoms. The SMILES string of the molecule is CCCCC/C=C\C=C/CCCCCCCC(O)C(=O)NC(CO)C(O)/C=C/CC/C=C/CC/C=C/CCCCCCCC. The first-order valence-electron chi connectivity index (χ1n) is 18.1. The van der Waals surface area contributed by atoms with Gasteiger partial charge in [0, 0.05) is 0 Å². The lowest BCUT2D eigenvalue weighted by molar-refractivity contribution is -0.131. The number of allylic oxidation sites excluding steroid dienone is 9. The molecule has 0 radical (unpaired) electrons. The Labute approximate surface area is 271 Å². The summed E-state index contributed by atoms with van der Waals surface area (Å²) in [5, 5.41) is 32.9. The summed E-state index contributed by atoms with van der Waals surface area (Å²) in [7, 11) is 0. The standard InChI is InChI=1S/C39H69NO4/c1-3-5-7-9-11-13-15-17-19-20-22-23-25-27-29-31-33-37(42)36(35-41)40-39(44)38(43)34-32-30-28-26-24-21-18-16-14-12-10-8-6-4-2/h12,14,16-19,23,25,31,33,36-38,41-43H,3-11,13,15,20-22,24,26-30,32,34-35H2,1-2H3,(H,40,44)/b14-12-,18-16-,19-17+,25-23+,33-31+. The van der Waals surface area contributed by atoms with Gasteiger partial charge in [0.1, 0.15) is 6.10 Å². The van der Waals surface area contributed by atoms with Crippen molar-refractivity contribution in [2.24, 2.45) is 0 Å². The molecule has 1 amide bonds. The molecule has 0 saturated carbocycles. The molecule has 5 nitrogen and oxygen atoms in total. The molecule has 0 aliphatic heterocycles. The smallest absolute Gasteiger partial charge is 0.249 e. The van der Waals surface area contributed by atoms with Crippen molar-refractivity contribution in [2.75, 3.05) is 6.61 Å². The van der Waals surface area contributed by atoms with Gasteiger partial charge in [-0.05, 0) is 70.6 Å². The summed E-state index contributed by atoms with van der Waals surface area (Å²) in [6, 6.07) is -0.827. The Morgan fingerprint density at radius 3 is 1.57 bits per heavy atom. The van der Waals surface area contributed by atoms with Crippen molar-refractivity contribution in [3.8, 4) is 0 Å². The third-order valence-corrected chi connectivity index (χ3v) is 7.84. The van der Waals surface area contributed by atoms with Gasteiger partial charge in [-0.1, -0.05) is 145 Å². The predicted octanol–water partition coefficient (Wildman–Crippen LogP) is 9.59. The first-order valence-corrected chi connectivity index (χ1v) is 18.1. The van der Waals surface area contributed by atoms with Gasteiger partial charge in [-0.2, -0.15) is 0 Å². The Bertz CT molecular complexity index is 770. The molecule has 3 unspecified atom stereocenters. The minimum atomic E-state index is -1.12. The van der Waals surface area contributed by atoms with Crippen molar-refractivity contribution in [1.82, 2.24) is 5.32 Å². The average Bonchev–Trinajstić information content (AvgIpc) is 3.03. The molecule has 5 heteroatoms. The predicted molar refractivity (Wildman–Crippen MR) is 190 cm³/mol. The van der Waals surface area contributed by atoms with E-state index in [0.717, 1.165) is 70.6 Å². The molecule has 3 atom stereocenters. The normalized spacial score (nSPS) is 14.6. The molecular formula is C39H69NO4. The third kappa shape index (κ3) is 28.8. The number of aliphatic hydroxyl groups excluding tert-OH is 3. The summed E-state index contributed by atoms with van der Waals surface area (Å²) in [5.74, 6) is -0.534. The van der Waals surface area contributed by atoms with E-state index >= 15 is 0 Å². The molecule has 0 bridgehead atoms. The molecule has 4 N–H and O–H groups in total. The fraction of sp³-hybridized carbons (Fsp3) is 0.718. The second kappa shape index (κ2) is 33.9. The maximum Gasteiger partial charge on any atom is 0.249 e. The lowest BCUT2D eigenvalue weighted by Gasteiger charge is -2.21. The van der Waals surface area contributed by atoms with Crippen molar-refractivity contribution in [3.63, 3.8) is 0 Å². The maximum absolute atomic E-state index is 12.4. The average molecular weight is 616 g/mol. The van der Waals surface area contributed by atoms with Crippen LogP contribution in [-0.4, -0.2) is 46.1 Å². The Kier molecular flexibility index (Phi) is 32.4.